The average Bonchev–Trinajstić information content (AvgIpc) is 4.19. The second kappa shape index (κ2) is 19.2. The fraction of sp³-hybridized carbons (Fsp3) is 0.423. The van der Waals surface area contributed by atoms with Gasteiger partial charge >= 0.3 is 0 Å². The number of phenolic OH excluding ortho intramolecular Hbond substituents is 1. The number of phenols is 1. The van der Waals surface area contributed by atoms with E-state index in [0.29, 0.717) is 28.9 Å². The van der Waals surface area contributed by atoms with Crippen molar-refractivity contribution in [3.05, 3.63) is 119 Å². The first kappa shape index (κ1) is 45.3. The lowest BCUT2D eigenvalue weighted by atomic mass is 9.78. The number of rotatable bonds is 12. The molecule has 4 N–H and O–H groups in total. The van der Waals surface area contributed by atoms with E-state index in [0.717, 1.165) is 102 Å². The number of nitrogens with zero attached hydrogens (tertiary/aromatic N) is 8. The number of H-pyrrole nitrogens is 1. The second-order valence-electron chi connectivity index (χ2n) is 19.3. The fourth-order valence-corrected chi connectivity index (χ4v) is 11.5. The van der Waals surface area contributed by atoms with Crippen LogP contribution in [0, 0.1) is 12.8 Å². The third-order valence-electron chi connectivity index (χ3n) is 14.6. The van der Waals surface area contributed by atoms with Crippen LogP contribution >= 0.6 is 11.3 Å². The van der Waals surface area contributed by atoms with Gasteiger partial charge in [-0.15, -0.1) is 21.5 Å². The number of carbonyl (C=O) groups excluding carboxylic acids is 2. The Balaban J connectivity index is 0.726. The van der Waals surface area contributed by atoms with Crippen molar-refractivity contribution in [1.82, 2.24) is 45.5 Å². The molecule has 0 spiro atoms. The Kier molecular flexibility index (Phi) is 12.8. The van der Waals surface area contributed by atoms with Crippen LogP contribution in [0.15, 0.2) is 89.3 Å². The second-order valence-corrected chi connectivity index (χ2v) is 20.1. The number of hydrogen-bond donors (Lipinski definition) is 4. The van der Waals surface area contributed by atoms with Gasteiger partial charge in [0.1, 0.15) is 23.5 Å². The van der Waals surface area contributed by atoms with E-state index in [4.69, 9.17) is 14.5 Å². The van der Waals surface area contributed by atoms with E-state index in [1.807, 2.05) is 100 Å². The number of aromatic hydroxyl groups is 1. The predicted molar refractivity (Wildman–Crippen MR) is 260 cm³/mol. The van der Waals surface area contributed by atoms with Crippen LogP contribution in [0.4, 0.5) is 5.95 Å². The summed E-state index contributed by atoms with van der Waals surface area (Å²) in [6.45, 7) is 9.64. The van der Waals surface area contributed by atoms with Crippen LogP contribution in [0.2, 0.25) is 0 Å². The SMILES string of the molecule is Cc1ncsc1-c1ccc([C@H](C)NC(=O)[C@@H]2C[C@@H](O)CN2C(=O)[C@H](c2cc([C@H]3CC[C@H](c4cnc(N5CCC(c6c[nH]c7nnc(-c8ccccc8O)cc67)CC5)nc4)CC3)no2)C(C)C)cc1. The first-order valence-corrected chi connectivity index (χ1v) is 24.8. The third kappa shape index (κ3) is 9.10. The van der Waals surface area contributed by atoms with Crippen molar-refractivity contribution in [3.63, 3.8) is 0 Å². The number of piperidine rings is 1. The number of aromatic amines is 1. The summed E-state index contributed by atoms with van der Waals surface area (Å²) < 4.78 is 5.96. The van der Waals surface area contributed by atoms with Gasteiger partial charge in [0.05, 0.1) is 39.6 Å². The summed E-state index contributed by atoms with van der Waals surface area (Å²) in [5.74, 6) is 1.02. The van der Waals surface area contributed by atoms with E-state index in [-0.39, 0.29) is 48.4 Å². The Bertz CT molecular complexity index is 2880. The summed E-state index contributed by atoms with van der Waals surface area (Å²) in [7, 11) is 0. The summed E-state index contributed by atoms with van der Waals surface area (Å²) in [5.41, 5.74) is 10.1. The van der Waals surface area contributed by atoms with Crippen LogP contribution in [-0.2, 0) is 9.59 Å². The van der Waals surface area contributed by atoms with Crippen LogP contribution in [0.1, 0.15) is 129 Å². The predicted octanol–water partition coefficient (Wildman–Crippen LogP) is 8.94. The molecule has 3 aliphatic rings. The summed E-state index contributed by atoms with van der Waals surface area (Å²) in [6, 6.07) is 18.2. The molecular weight excluding hydrogens is 877 g/mol. The van der Waals surface area contributed by atoms with Gasteiger partial charge in [0.15, 0.2) is 5.65 Å². The van der Waals surface area contributed by atoms with Crippen molar-refractivity contribution in [2.24, 2.45) is 5.92 Å². The number of fused-ring (bicyclic) bond motifs is 1. The molecule has 0 radical (unpaired) electrons. The molecule has 0 bridgehead atoms. The summed E-state index contributed by atoms with van der Waals surface area (Å²) in [6.07, 6.45) is 11.1. The molecule has 2 amide bonds. The molecule has 7 aromatic rings. The largest absolute Gasteiger partial charge is 0.507 e. The maximum atomic E-state index is 14.4. The van der Waals surface area contributed by atoms with Gasteiger partial charge in [-0.1, -0.05) is 55.4 Å². The Labute approximate surface area is 399 Å². The molecule has 5 aromatic heterocycles. The summed E-state index contributed by atoms with van der Waals surface area (Å²) in [5, 5.41) is 38.6. The van der Waals surface area contributed by atoms with Crippen molar-refractivity contribution in [1.29, 1.82) is 0 Å². The number of aliphatic hydroxyl groups excluding tert-OH is 1. The number of carbonyl (C=O) groups is 2. The van der Waals surface area contributed by atoms with Crippen LogP contribution in [0.3, 0.4) is 0 Å². The lowest BCUT2D eigenvalue weighted by molar-refractivity contribution is -0.141. The van der Waals surface area contributed by atoms with Gasteiger partial charge in [-0.3, -0.25) is 9.59 Å². The average molecular weight is 935 g/mol. The molecule has 2 saturated heterocycles. The minimum absolute atomic E-state index is 0.0815. The van der Waals surface area contributed by atoms with Gasteiger partial charge in [-0.05, 0) is 111 Å². The first-order chi connectivity index (χ1) is 33.0. The molecule has 1 aliphatic carbocycles. The molecule has 4 atom stereocenters. The highest BCUT2D eigenvalue weighted by molar-refractivity contribution is 7.13. The monoisotopic (exact) mass is 934 g/mol. The number of nitrogens with one attached hydrogen (secondary N) is 2. The zero-order valence-corrected chi connectivity index (χ0v) is 39.7. The van der Waals surface area contributed by atoms with Crippen molar-refractivity contribution in [3.8, 4) is 27.4 Å². The van der Waals surface area contributed by atoms with Gasteiger partial charge < -0.3 is 34.8 Å². The Morgan fingerprint density at radius 2 is 1.63 bits per heavy atom. The highest BCUT2D eigenvalue weighted by Gasteiger charge is 2.44. The zero-order valence-electron chi connectivity index (χ0n) is 38.9. The van der Waals surface area contributed by atoms with Crippen molar-refractivity contribution in [2.75, 3.05) is 24.5 Å². The Morgan fingerprint density at radius 3 is 2.34 bits per heavy atom. The molecule has 2 aliphatic heterocycles. The number of β-amino-alcohol motifs (C(OH)–C–C–N with tert-alkyl or cyclic N) is 1. The number of likely N-dealkylation sites (tertiary alicyclic amines) is 1. The van der Waals surface area contributed by atoms with Crippen molar-refractivity contribution < 1.29 is 24.3 Å². The Hall–Kier alpha value is -6.52. The number of aromatic nitrogens is 7. The van der Waals surface area contributed by atoms with Gasteiger partial charge in [-0.2, -0.15) is 0 Å². The lowest BCUT2D eigenvalue weighted by Crippen LogP contribution is -2.48. The molecule has 7 heterocycles. The third-order valence-corrected chi connectivity index (χ3v) is 15.5. The minimum Gasteiger partial charge on any atom is -0.507 e. The van der Waals surface area contributed by atoms with Crippen LogP contribution < -0.4 is 10.2 Å². The van der Waals surface area contributed by atoms with Crippen molar-refractivity contribution >= 4 is 40.1 Å². The molecular formula is C52H58N10O5S. The van der Waals surface area contributed by atoms with Crippen LogP contribution in [0.25, 0.3) is 32.7 Å². The normalized spacial score (nSPS) is 21.1. The molecule has 1 saturated carbocycles. The summed E-state index contributed by atoms with van der Waals surface area (Å²) in [4.78, 5) is 50.5. The van der Waals surface area contributed by atoms with Gasteiger partial charge in [-0.25, -0.2) is 15.0 Å². The number of benzene rings is 2. The van der Waals surface area contributed by atoms with E-state index >= 15 is 0 Å². The maximum Gasteiger partial charge on any atom is 0.243 e. The number of anilines is 1. The minimum atomic E-state index is -0.805. The van der Waals surface area contributed by atoms with E-state index < -0.39 is 18.1 Å². The summed E-state index contributed by atoms with van der Waals surface area (Å²) >= 11 is 1.60. The quantitative estimate of drug-likeness (QED) is 0.0909. The molecule has 16 heteroatoms. The standard InChI is InChI=1S/C52H58N10O5S/c1-29(2)47(51(66)62-27-38(63)21-44(62)50(65)57-30(3)32-9-15-36(16-10-32)48-31(4)56-28-68-48)46-23-42(60-67-46)35-13-11-33(12-14-35)37-24-54-52(55-25-37)61-19-17-34(18-20-61)41-26-53-49-40(41)22-43(58-59-49)39-7-5-6-8-45(39)64/h5-10,15-16,22-26,28-30,33-35,38,44,47,63-64H,11-14,17-21,27H2,1-4H3,(H,53,59)(H,57,65)/t30-,33-,35-,38+,44-,47-/m0/s1. The number of para-hydroxylation sites is 1. The number of aliphatic hydroxyl groups is 1. The highest BCUT2D eigenvalue weighted by atomic mass is 32.1. The number of aryl methyl sites for hydroxylation is 1. The Morgan fingerprint density at radius 1 is 0.897 bits per heavy atom. The molecule has 10 rings (SSSR count). The molecule has 68 heavy (non-hydrogen) atoms. The van der Waals surface area contributed by atoms with Gasteiger partial charge in [0.2, 0.25) is 17.8 Å². The molecule has 352 valence electrons. The van der Waals surface area contributed by atoms with Crippen LogP contribution in [0.5, 0.6) is 5.75 Å². The first-order valence-electron chi connectivity index (χ1n) is 23.9. The van der Waals surface area contributed by atoms with E-state index in [2.05, 4.69) is 35.5 Å². The maximum absolute atomic E-state index is 14.4. The van der Waals surface area contributed by atoms with Gasteiger partial charge in [0.25, 0.3) is 0 Å². The smallest absolute Gasteiger partial charge is 0.243 e. The molecule has 15 nitrogen and oxygen atoms in total. The van der Waals surface area contributed by atoms with Gasteiger partial charge in [0, 0.05) is 67.6 Å². The van der Waals surface area contributed by atoms with Crippen molar-refractivity contribution in [2.45, 2.75) is 114 Å². The lowest BCUT2D eigenvalue weighted by Gasteiger charge is -2.32. The molecule has 2 aromatic carbocycles. The zero-order chi connectivity index (χ0) is 47.1. The van der Waals surface area contributed by atoms with E-state index in [1.165, 1.54) is 10.5 Å². The highest BCUT2D eigenvalue weighted by Crippen LogP contribution is 2.42. The number of thiazole rings is 1. The fourth-order valence-electron chi connectivity index (χ4n) is 10.7. The van der Waals surface area contributed by atoms with E-state index in [1.54, 1.807) is 23.5 Å². The topological polar surface area (TPSA) is 199 Å². The molecule has 0 unspecified atom stereocenters. The van der Waals surface area contributed by atoms with E-state index in [9.17, 15) is 19.8 Å². The number of hydrogen-bond acceptors (Lipinski definition) is 13. The number of amides is 2. The molecule has 3 fully saturated rings. The van der Waals surface area contributed by atoms with Crippen LogP contribution in [-0.4, -0.2) is 94.0 Å².